The molecule has 2 aromatic rings. The van der Waals surface area contributed by atoms with Gasteiger partial charge in [0.05, 0.1) is 0 Å². The van der Waals surface area contributed by atoms with Crippen molar-refractivity contribution in [1.82, 2.24) is 15.4 Å². The van der Waals surface area contributed by atoms with Crippen LogP contribution in [0.4, 0.5) is 5.82 Å². The second-order valence-corrected chi connectivity index (χ2v) is 6.37. The Labute approximate surface area is 146 Å². The minimum absolute atomic E-state index is 0.0633. The van der Waals surface area contributed by atoms with E-state index in [1.54, 1.807) is 13.0 Å². The van der Waals surface area contributed by atoms with Crippen molar-refractivity contribution in [2.45, 2.75) is 19.4 Å². The first-order valence-corrected chi connectivity index (χ1v) is 8.43. The average molecular weight is 349 g/mol. The summed E-state index contributed by atoms with van der Waals surface area (Å²) in [6, 6.07) is 9.83. The van der Waals surface area contributed by atoms with Gasteiger partial charge in [-0.25, -0.2) is 0 Å². The molecule has 1 aliphatic heterocycles. The highest BCUT2D eigenvalue weighted by atomic mass is 35.5. The third kappa shape index (κ3) is 4.35. The summed E-state index contributed by atoms with van der Waals surface area (Å²) in [5, 5.41) is 10.7. The number of hydrogen-bond donors (Lipinski definition) is 2. The number of benzene rings is 1. The Hall–Kier alpha value is -1.89. The van der Waals surface area contributed by atoms with Crippen LogP contribution in [0.25, 0.3) is 0 Å². The second-order valence-electron chi connectivity index (χ2n) is 5.93. The van der Waals surface area contributed by atoms with Gasteiger partial charge in [-0.3, -0.25) is 9.69 Å². The van der Waals surface area contributed by atoms with Crippen molar-refractivity contribution in [2.24, 2.45) is 0 Å². The lowest BCUT2D eigenvalue weighted by molar-refractivity contribution is -0.116. The SMILES string of the molecule is Cc1cc(NC(=O)CCN2CCNCC2c2cccc(Cl)c2)no1. The van der Waals surface area contributed by atoms with Gasteiger partial charge in [0.15, 0.2) is 5.82 Å². The predicted molar refractivity (Wildman–Crippen MR) is 93.1 cm³/mol. The number of aromatic nitrogens is 1. The molecule has 0 spiro atoms. The first kappa shape index (κ1) is 17.0. The smallest absolute Gasteiger partial charge is 0.226 e. The van der Waals surface area contributed by atoms with Crippen LogP contribution in [0, 0.1) is 6.92 Å². The van der Waals surface area contributed by atoms with Crippen LogP contribution in [0.2, 0.25) is 5.02 Å². The molecule has 2 N–H and O–H groups in total. The fourth-order valence-electron chi connectivity index (χ4n) is 2.93. The van der Waals surface area contributed by atoms with Crippen molar-refractivity contribution in [1.29, 1.82) is 0 Å². The fourth-order valence-corrected chi connectivity index (χ4v) is 3.13. The minimum atomic E-state index is -0.0633. The standard InChI is InChI=1S/C17H21ClN4O2/c1-12-9-16(21-24-12)20-17(23)5-7-22-8-6-19-11-15(22)13-3-2-4-14(18)10-13/h2-4,9-10,15,19H,5-8,11H2,1H3,(H,20,21,23). The monoisotopic (exact) mass is 348 g/mol. The van der Waals surface area contributed by atoms with Gasteiger partial charge in [-0.1, -0.05) is 28.9 Å². The van der Waals surface area contributed by atoms with Crippen molar-refractivity contribution in [3.8, 4) is 0 Å². The molecule has 7 heteroatoms. The van der Waals surface area contributed by atoms with Crippen LogP contribution in [0.1, 0.15) is 23.8 Å². The van der Waals surface area contributed by atoms with E-state index < -0.39 is 0 Å². The maximum atomic E-state index is 12.1. The number of anilines is 1. The molecule has 1 saturated heterocycles. The number of nitrogens with zero attached hydrogens (tertiary/aromatic N) is 2. The zero-order valence-electron chi connectivity index (χ0n) is 13.6. The Morgan fingerprint density at radius 3 is 3.12 bits per heavy atom. The number of rotatable bonds is 5. The highest BCUT2D eigenvalue weighted by Crippen LogP contribution is 2.24. The minimum Gasteiger partial charge on any atom is -0.360 e. The van der Waals surface area contributed by atoms with Crippen LogP contribution in [0.3, 0.4) is 0 Å². The van der Waals surface area contributed by atoms with Crippen LogP contribution in [0.15, 0.2) is 34.9 Å². The number of nitrogens with one attached hydrogen (secondary N) is 2. The molecule has 2 heterocycles. The summed E-state index contributed by atoms with van der Waals surface area (Å²) < 4.78 is 4.95. The molecule has 0 aliphatic carbocycles. The number of halogens is 1. The van der Waals surface area contributed by atoms with Crippen molar-refractivity contribution in [3.63, 3.8) is 0 Å². The molecule has 1 aliphatic rings. The summed E-state index contributed by atoms with van der Waals surface area (Å²) in [5.74, 6) is 1.07. The summed E-state index contributed by atoms with van der Waals surface area (Å²) in [7, 11) is 0. The maximum Gasteiger partial charge on any atom is 0.226 e. The van der Waals surface area contributed by atoms with E-state index in [0.29, 0.717) is 24.5 Å². The molecule has 1 unspecified atom stereocenters. The molecule has 0 radical (unpaired) electrons. The first-order chi connectivity index (χ1) is 11.6. The van der Waals surface area contributed by atoms with Gasteiger partial charge in [-0.15, -0.1) is 0 Å². The topological polar surface area (TPSA) is 70.4 Å². The Kier molecular flexibility index (Phi) is 5.50. The number of carbonyl (C=O) groups excluding carboxylic acids is 1. The number of hydrogen-bond acceptors (Lipinski definition) is 5. The van der Waals surface area contributed by atoms with E-state index in [-0.39, 0.29) is 11.9 Å². The molecule has 24 heavy (non-hydrogen) atoms. The summed E-state index contributed by atoms with van der Waals surface area (Å²) in [6.45, 7) is 5.14. The lowest BCUT2D eigenvalue weighted by Crippen LogP contribution is -2.46. The summed E-state index contributed by atoms with van der Waals surface area (Å²) in [4.78, 5) is 14.4. The van der Waals surface area contributed by atoms with E-state index in [1.165, 1.54) is 5.56 Å². The van der Waals surface area contributed by atoms with Crippen LogP contribution in [0.5, 0.6) is 0 Å². The fraction of sp³-hybridized carbons (Fsp3) is 0.412. The third-order valence-corrected chi connectivity index (χ3v) is 4.34. The van der Waals surface area contributed by atoms with E-state index in [1.807, 2.05) is 18.2 Å². The lowest BCUT2D eigenvalue weighted by atomic mass is 10.0. The quantitative estimate of drug-likeness (QED) is 0.869. The molecule has 0 saturated carbocycles. The molecule has 1 atom stereocenters. The molecular formula is C17H21ClN4O2. The molecule has 1 fully saturated rings. The zero-order chi connectivity index (χ0) is 16.9. The van der Waals surface area contributed by atoms with Gasteiger partial charge in [0.1, 0.15) is 5.76 Å². The summed E-state index contributed by atoms with van der Waals surface area (Å²) in [5.41, 5.74) is 1.17. The Bertz CT molecular complexity index is 703. The molecule has 1 aromatic carbocycles. The number of carbonyl (C=O) groups is 1. The second kappa shape index (κ2) is 7.79. The molecule has 6 nitrogen and oxygen atoms in total. The van der Waals surface area contributed by atoms with E-state index in [2.05, 4.69) is 26.8 Å². The van der Waals surface area contributed by atoms with E-state index in [9.17, 15) is 4.79 Å². The molecule has 1 amide bonds. The van der Waals surface area contributed by atoms with Crippen molar-refractivity contribution >= 4 is 23.3 Å². The van der Waals surface area contributed by atoms with E-state index in [4.69, 9.17) is 16.1 Å². The van der Waals surface area contributed by atoms with Gasteiger partial charge in [0.25, 0.3) is 0 Å². The third-order valence-electron chi connectivity index (χ3n) is 4.11. The summed E-state index contributed by atoms with van der Waals surface area (Å²) in [6.07, 6.45) is 0.406. The Morgan fingerprint density at radius 2 is 2.38 bits per heavy atom. The Balaban J connectivity index is 1.58. The maximum absolute atomic E-state index is 12.1. The normalized spacial score (nSPS) is 18.5. The highest BCUT2D eigenvalue weighted by Gasteiger charge is 2.24. The largest absolute Gasteiger partial charge is 0.360 e. The van der Waals surface area contributed by atoms with Gasteiger partial charge >= 0.3 is 0 Å². The van der Waals surface area contributed by atoms with Gasteiger partial charge in [0, 0.05) is 49.7 Å². The summed E-state index contributed by atoms with van der Waals surface area (Å²) >= 11 is 6.11. The number of piperazine rings is 1. The van der Waals surface area contributed by atoms with Crippen molar-refractivity contribution < 1.29 is 9.32 Å². The Morgan fingerprint density at radius 1 is 1.50 bits per heavy atom. The van der Waals surface area contributed by atoms with Gasteiger partial charge in [0.2, 0.25) is 5.91 Å². The molecule has 0 bridgehead atoms. The molecule has 3 rings (SSSR count). The van der Waals surface area contributed by atoms with Gasteiger partial charge in [-0.2, -0.15) is 0 Å². The van der Waals surface area contributed by atoms with Gasteiger partial charge in [-0.05, 0) is 24.6 Å². The number of amides is 1. The van der Waals surface area contributed by atoms with Crippen molar-refractivity contribution in [2.75, 3.05) is 31.5 Å². The van der Waals surface area contributed by atoms with Gasteiger partial charge < -0.3 is 15.2 Å². The van der Waals surface area contributed by atoms with E-state index in [0.717, 1.165) is 24.7 Å². The first-order valence-electron chi connectivity index (χ1n) is 8.05. The lowest BCUT2D eigenvalue weighted by Gasteiger charge is -2.36. The van der Waals surface area contributed by atoms with Crippen molar-refractivity contribution in [3.05, 3.63) is 46.7 Å². The van der Waals surface area contributed by atoms with Crippen LogP contribution >= 0.6 is 11.6 Å². The average Bonchev–Trinajstić information content (AvgIpc) is 2.98. The predicted octanol–water partition coefficient (Wildman–Crippen LogP) is 2.61. The van der Waals surface area contributed by atoms with E-state index >= 15 is 0 Å². The zero-order valence-corrected chi connectivity index (χ0v) is 14.3. The molecule has 128 valence electrons. The molecular weight excluding hydrogens is 328 g/mol. The highest BCUT2D eigenvalue weighted by molar-refractivity contribution is 6.30. The number of aryl methyl sites for hydroxylation is 1. The molecule has 1 aromatic heterocycles. The van der Waals surface area contributed by atoms with Crippen LogP contribution in [-0.4, -0.2) is 42.1 Å². The van der Waals surface area contributed by atoms with Crippen LogP contribution < -0.4 is 10.6 Å². The van der Waals surface area contributed by atoms with Crippen LogP contribution in [-0.2, 0) is 4.79 Å².